The van der Waals surface area contributed by atoms with E-state index in [0.717, 1.165) is 41.2 Å². The fourth-order valence-corrected chi connectivity index (χ4v) is 4.18. The van der Waals surface area contributed by atoms with Crippen LogP contribution in [0, 0.1) is 0 Å². The van der Waals surface area contributed by atoms with E-state index in [4.69, 9.17) is 4.98 Å². The van der Waals surface area contributed by atoms with Gasteiger partial charge in [0.2, 0.25) is 0 Å². The number of hydrogen-bond acceptors (Lipinski definition) is 5. The minimum atomic E-state index is 0.0264. The number of nitrogens with zero attached hydrogens (tertiary/aromatic N) is 6. The second kappa shape index (κ2) is 8.42. The molecule has 1 aliphatic rings. The molecule has 0 spiro atoms. The van der Waals surface area contributed by atoms with Gasteiger partial charge in [-0.25, -0.2) is 14.6 Å². The Kier molecular flexibility index (Phi) is 5.31. The zero-order valence-electron chi connectivity index (χ0n) is 18.3. The summed E-state index contributed by atoms with van der Waals surface area (Å²) in [5.74, 6) is 0.981. The normalized spacial score (nSPS) is 14.3. The SMILES string of the molecule is CC(C)n1ncc2c(C(=O)N3CCN(c4ccccn4)CC3)cc(-c3ccccc3)nc21. The standard InChI is InChI=1S/C25H26N6O/c1-18(2)31-24-21(17-27-31)20(16-22(28-24)19-8-4-3-5-9-19)25(32)30-14-12-29(13-15-30)23-10-6-7-11-26-23/h3-11,16-18H,12-15H2,1-2H3. The van der Waals surface area contributed by atoms with Crippen LogP contribution in [-0.2, 0) is 0 Å². The zero-order chi connectivity index (χ0) is 22.1. The molecule has 4 heterocycles. The molecular weight excluding hydrogens is 400 g/mol. The van der Waals surface area contributed by atoms with E-state index in [2.05, 4.69) is 28.8 Å². The lowest BCUT2D eigenvalue weighted by atomic mass is 10.1. The summed E-state index contributed by atoms with van der Waals surface area (Å²) in [5, 5.41) is 5.34. The van der Waals surface area contributed by atoms with Crippen molar-refractivity contribution in [2.75, 3.05) is 31.1 Å². The molecule has 3 aromatic heterocycles. The third-order valence-corrected chi connectivity index (χ3v) is 5.90. The molecule has 1 saturated heterocycles. The van der Waals surface area contributed by atoms with Gasteiger partial charge in [0.05, 0.1) is 22.8 Å². The summed E-state index contributed by atoms with van der Waals surface area (Å²) >= 11 is 0. The summed E-state index contributed by atoms with van der Waals surface area (Å²) in [4.78, 5) is 27.1. The monoisotopic (exact) mass is 426 g/mol. The summed E-state index contributed by atoms with van der Waals surface area (Å²) in [6.45, 7) is 6.96. The smallest absolute Gasteiger partial charge is 0.254 e. The summed E-state index contributed by atoms with van der Waals surface area (Å²) in [6.07, 6.45) is 3.58. The second-order valence-corrected chi connectivity index (χ2v) is 8.31. The minimum Gasteiger partial charge on any atom is -0.353 e. The van der Waals surface area contributed by atoms with Crippen LogP contribution in [0.3, 0.4) is 0 Å². The van der Waals surface area contributed by atoms with Crippen LogP contribution in [0.4, 0.5) is 5.82 Å². The van der Waals surface area contributed by atoms with Gasteiger partial charge in [0.25, 0.3) is 5.91 Å². The largest absolute Gasteiger partial charge is 0.353 e. The van der Waals surface area contributed by atoms with Crippen molar-refractivity contribution >= 4 is 22.8 Å². The van der Waals surface area contributed by atoms with Crippen molar-refractivity contribution in [2.24, 2.45) is 0 Å². The maximum atomic E-state index is 13.6. The van der Waals surface area contributed by atoms with Gasteiger partial charge in [-0.1, -0.05) is 36.4 Å². The van der Waals surface area contributed by atoms with Crippen LogP contribution >= 0.6 is 0 Å². The first-order valence-electron chi connectivity index (χ1n) is 11.0. The van der Waals surface area contributed by atoms with E-state index < -0.39 is 0 Å². The number of amides is 1. The maximum absolute atomic E-state index is 13.6. The first kappa shape index (κ1) is 20.2. The lowest BCUT2D eigenvalue weighted by Crippen LogP contribution is -2.49. The zero-order valence-corrected chi connectivity index (χ0v) is 18.3. The van der Waals surface area contributed by atoms with Crippen molar-refractivity contribution in [3.05, 3.63) is 72.6 Å². The predicted octanol–water partition coefficient (Wildman–Crippen LogP) is 4.04. The lowest BCUT2D eigenvalue weighted by molar-refractivity contribution is 0.0748. The van der Waals surface area contributed by atoms with Crippen molar-refractivity contribution in [2.45, 2.75) is 19.9 Å². The molecule has 0 saturated carbocycles. The molecule has 7 nitrogen and oxygen atoms in total. The Morgan fingerprint density at radius 1 is 0.969 bits per heavy atom. The van der Waals surface area contributed by atoms with Gasteiger partial charge in [-0.05, 0) is 32.0 Å². The van der Waals surface area contributed by atoms with Gasteiger partial charge in [-0.15, -0.1) is 0 Å². The van der Waals surface area contributed by atoms with Gasteiger partial charge in [-0.2, -0.15) is 5.10 Å². The fourth-order valence-electron chi connectivity index (χ4n) is 4.18. The summed E-state index contributed by atoms with van der Waals surface area (Å²) < 4.78 is 1.89. The number of carbonyl (C=O) groups is 1. The number of fused-ring (bicyclic) bond motifs is 1. The topological polar surface area (TPSA) is 67.2 Å². The van der Waals surface area contributed by atoms with E-state index >= 15 is 0 Å². The van der Waals surface area contributed by atoms with Crippen molar-refractivity contribution in [3.63, 3.8) is 0 Å². The van der Waals surface area contributed by atoms with Crippen LogP contribution in [0.1, 0.15) is 30.2 Å². The highest BCUT2D eigenvalue weighted by Gasteiger charge is 2.26. The van der Waals surface area contributed by atoms with Crippen molar-refractivity contribution in [1.82, 2.24) is 24.6 Å². The van der Waals surface area contributed by atoms with Crippen LogP contribution in [0.5, 0.6) is 0 Å². The van der Waals surface area contributed by atoms with Crippen molar-refractivity contribution in [1.29, 1.82) is 0 Å². The highest BCUT2D eigenvalue weighted by Crippen LogP contribution is 2.27. The molecule has 32 heavy (non-hydrogen) atoms. The van der Waals surface area contributed by atoms with Crippen molar-refractivity contribution < 1.29 is 4.79 Å². The van der Waals surface area contributed by atoms with Gasteiger partial charge in [0.1, 0.15) is 5.82 Å². The molecule has 0 aliphatic carbocycles. The molecule has 0 N–H and O–H groups in total. The van der Waals surface area contributed by atoms with Gasteiger partial charge in [0.15, 0.2) is 5.65 Å². The molecule has 4 aromatic rings. The molecule has 1 aromatic carbocycles. The highest BCUT2D eigenvalue weighted by atomic mass is 16.2. The molecule has 7 heteroatoms. The molecule has 0 radical (unpaired) electrons. The number of benzene rings is 1. The van der Waals surface area contributed by atoms with E-state index in [-0.39, 0.29) is 11.9 Å². The Morgan fingerprint density at radius 3 is 2.41 bits per heavy atom. The molecule has 162 valence electrons. The quantitative estimate of drug-likeness (QED) is 0.493. The second-order valence-electron chi connectivity index (χ2n) is 8.31. The Labute approximate surface area is 187 Å². The maximum Gasteiger partial charge on any atom is 0.254 e. The summed E-state index contributed by atoms with van der Waals surface area (Å²) in [5.41, 5.74) is 3.18. The predicted molar refractivity (Wildman–Crippen MR) is 126 cm³/mol. The summed E-state index contributed by atoms with van der Waals surface area (Å²) in [6, 6.07) is 18.0. The Bertz CT molecular complexity index is 1230. The molecule has 0 atom stereocenters. The minimum absolute atomic E-state index is 0.0264. The third kappa shape index (κ3) is 3.70. The van der Waals surface area contributed by atoms with E-state index in [9.17, 15) is 4.79 Å². The van der Waals surface area contributed by atoms with E-state index in [1.807, 2.05) is 64.2 Å². The number of aromatic nitrogens is 4. The Hall–Kier alpha value is -3.74. The lowest BCUT2D eigenvalue weighted by Gasteiger charge is -2.35. The number of pyridine rings is 2. The first-order valence-corrected chi connectivity index (χ1v) is 11.0. The number of anilines is 1. The van der Waals surface area contributed by atoms with Crippen LogP contribution < -0.4 is 4.90 Å². The Morgan fingerprint density at radius 2 is 1.72 bits per heavy atom. The third-order valence-electron chi connectivity index (χ3n) is 5.90. The molecule has 1 fully saturated rings. The first-order chi connectivity index (χ1) is 15.6. The number of rotatable bonds is 4. The molecule has 0 unspecified atom stereocenters. The van der Waals surface area contributed by atoms with Crippen molar-refractivity contribution in [3.8, 4) is 11.3 Å². The fraction of sp³-hybridized carbons (Fsp3) is 0.280. The van der Waals surface area contributed by atoms with E-state index in [1.54, 1.807) is 12.4 Å². The van der Waals surface area contributed by atoms with Crippen LogP contribution in [0.2, 0.25) is 0 Å². The molecule has 0 bridgehead atoms. The van der Waals surface area contributed by atoms with E-state index in [1.165, 1.54) is 0 Å². The molecule has 1 aliphatic heterocycles. The molecular formula is C25H26N6O. The number of hydrogen-bond donors (Lipinski definition) is 0. The van der Waals surface area contributed by atoms with Crippen LogP contribution in [0.15, 0.2) is 67.0 Å². The molecule has 5 rings (SSSR count). The molecule has 1 amide bonds. The van der Waals surface area contributed by atoms with Crippen LogP contribution in [0.25, 0.3) is 22.3 Å². The van der Waals surface area contributed by atoms with Gasteiger partial charge >= 0.3 is 0 Å². The van der Waals surface area contributed by atoms with Gasteiger partial charge in [-0.3, -0.25) is 4.79 Å². The Balaban J connectivity index is 1.48. The van der Waals surface area contributed by atoms with Gasteiger partial charge in [0, 0.05) is 44.0 Å². The van der Waals surface area contributed by atoms with Gasteiger partial charge < -0.3 is 9.80 Å². The number of piperazine rings is 1. The van der Waals surface area contributed by atoms with E-state index in [0.29, 0.717) is 18.7 Å². The average Bonchev–Trinajstić information content (AvgIpc) is 3.29. The van der Waals surface area contributed by atoms with Crippen LogP contribution in [-0.4, -0.2) is 56.7 Å². The summed E-state index contributed by atoms with van der Waals surface area (Å²) in [7, 11) is 0. The number of carbonyl (C=O) groups excluding carboxylic acids is 1. The highest BCUT2D eigenvalue weighted by molar-refractivity contribution is 6.06. The average molecular weight is 427 g/mol.